The van der Waals surface area contributed by atoms with Gasteiger partial charge in [0.25, 0.3) is 0 Å². The quantitative estimate of drug-likeness (QED) is 0.200. The second-order valence-electron chi connectivity index (χ2n) is 7.75. The van der Waals surface area contributed by atoms with E-state index in [-0.39, 0.29) is 16.3 Å². The van der Waals surface area contributed by atoms with E-state index >= 15 is 0 Å². The largest absolute Gasteiger partial charge is 0.429 e. The molecule has 0 aliphatic rings. The van der Waals surface area contributed by atoms with Gasteiger partial charge in [-0.15, -0.1) is 0 Å². The fourth-order valence-corrected chi connectivity index (χ4v) is 3.70. The average molecular weight is 478 g/mol. The summed E-state index contributed by atoms with van der Waals surface area (Å²) in [6.45, 7) is 1.99. The van der Waals surface area contributed by atoms with Crippen LogP contribution in [0, 0.1) is 29.1 Å². The fourth-order valence-electron chi connectivity index (χ4n) is 3.70. The summed E-state index contributed by atoms with van der Waals surface area (Å²) in [5.74, 6) is -7.64. The highest BCUT2D eigenvalue weighted by molar-refractivity contribution is 5.84. The van der Waals surface area contributed by atoms with E-state index in [1.165, 1.54) is 12.1 Å². The fraction of sp³-hybridized carbons (Fsp3) is 0.154. The Kier molecular flexibility index (Phi) is 6.25. The van der Waals surface area contributed by atoms with Crippen LogP contribution in [0.25, 0.3) is 21.9 Å². The normalized spacial score (nSPS) is 11.8. The molecule has 4 rings (SSSR count). The van der Waals surface area contributed by atoms with E-state index in [0.29, 0.717) is 18.2 Å². The van der Waals surface area contributed by atoms with Crippen molar-refractivity contribution in [2.75, 3.05) is 0 Å². The molecule has 176 valence electrons. The van der Waals surface area contributed by atoms with Crippen molar-refractivity contribution in [1.82, 2.24) is 0 Å². The molecule has 0 N–H and O–H groups in total. The molecule has 0 radical (unpaired) electrons. The van der Waals surface area contributed by atoms with Crippen LogP contribution in [0.15, 0.2) is 60.7 Å². The molecule has 0 amide bonds. The number of hydrogen-bond acceptors (Lipinski definition) is 1. The average Bonchev–Trinajstić information content (AvgIpc) is 2.78. The van der Waals surface area contributed by atoms with E-state index < -0.39 is 52.1 Å². The predicted molar refractivity (Wildman–Crippen MR) is 114 cm³/mol. The van der Waals surface area contributed by atoms with Crippen molar-refractivity contribution in [1.29, 1.82) is 0 Å². The van der Waals surface area contributed by atoms with Crippen molar-refractivity contribution in [2.24, 2.45) is 0 Å². The first-order valence-corrected chi connectivity index (χ1v) is 10.3. The van der Waals surface area contributed by atoms with Crippen molar-refractivity contribution in [3.05, 3.63) is 101 Å². The van der Waals surface area contributed by atoms with Crippen LogP contribution in [0.4, 0.5) is 30.7 Å². The summed E-state index contributed by atoms with van der Waals surface area (Å²) < 4.78 is 104. The second-order valence-corrected chi connectivity index (χ2v) is 7.75. The lowest BCUT2D eigenvalue weighted by Gasteiger charge is -2.20. The number of aryl methyl sites for hydroxylation is 1. The Morgan fingerprint density at radius 2 is 1.38 bits per heavy atom. The minimum atomic E-state index is -4.18. The summed E-state index contributed by atoms with van der Waals surface area (Å²) in [5, 5.41) is -0.579. The molecular weight excluding hydrogens is 461 g/mol. The highest BCUT2D eigenvalue weighted by atomic mass is 19.3. The zero-order valence-corrected chi connectivity index (χ0v) is 17.7. The molecule has 0 spiro atoms. The van der Waals surface area contributed by atoms with E-state index in [2.05, 4.69) is 4.74 Å². The molecule has 34 heavy (non-hydrogen) atoms. The molecule has 0 aromatic heterocycles. The van der Waals surface area contributed by atoms with Gasteiger partial charge in [0.2, 0.25) is 0 Å². The summed E-state index contributed by atoms with van der Waals surface area (Å²) in [7, 11) is 0. The van der Waals surface area contributed by atoms with Crippen molar-refractivity contribution >= 4 is 10.8 Å². The Morgan fingerprint density at radius 1 is 0.735 bits per heavy atom. The molecule has 0 aliphatic heterocycles. The molecule has 0 saturated carbocycles. The zero-order chi connectivity index (χ0) is 24.6. The number of rotatable bonds is 6. The Bertz CT molecular complexity index is 1340. The monoisotopic (exact) mass is 478 g/mol. The number of benzene rings is 4. The predicted octanol–water partition coefficient (Wildman–Crippen LogP) is 8.28. The van der Waals surface area contributed by atoms with E-state index in [4.69, 9.17) is 0 Å². The van der Waals surface area contributed by atoms with Gasteiger partial charge in [-0.3, -0.25) is 0 Å². The van der Waals surface area contributed by atoms with Gasteiger partial charge in [0.15, 0.2) is 17.5 Å². The molecule has 0 heterocycles. The number of hydrogen-bond donors (Lipinski definition) is 0. The first-order valence-electron chi connectivity index (χ1n) is 10.3. The Labute approximate surface area is 190 Å². The summed E-state index contributed by atoms with van der Waals surface area (Å²) in [4.78, 5) is 0. The van der Waals surface area contributed by atoms with Crippen LogP contribution in [-0.4, -0.2) is 0 Å². The number of alkyl halides is 2. The van der Waals surface area contributed by atoms with Gasteiger partial charge in [0.1, 0.15) is 17.4 Å². The van der Waals surface area contributed by atoms with E-state index in [0.717, 1.165) is 36.6 Å². The van der Waals surface area contributed by atoms with Crippen LogP contribution in [0.1, 0.15) is 24.5 Å². The molecular formula is C26H17F7O. The number of halogens is 7. The van der Waals surface area contributed by atoms with Gasteiger partial charge in [-0.1, -0.05) is 37.6 Å². The van der Waals surface area contributed by atoms with Crippen molar-refractivity contribution in [3.63, 3.8) is 0 Å². The maximum absolute atomic E-state index is 14.7. The lowest BCUT2D eigenvalue weighted by atomic mass is 9.99. The summed E-state index contributed by atoms with van der Waals surface area (Å²) in [6.07, 6.45) is -2.50. The Morgan fingerprint density at radius 3 is 2.00 bits per heavy atom. The Hall–Kier alpha value is -3.55. The van der Waals surface area contributed by atoms with Crippen LogP contribution in [0.5, 0.6) is 5.75 Å². The van der Waals surface area contributed by atoms with Gasteiger partial charge in [-0.2, -0.15) is 8.78 Å². The van der Waals surface area contributed by atoms with E-state index in [1.54, 1.807) is 12.1 Å². The summed E-state index contributed by atoms with van der Waals surface area (Å²) in [5.41, 5.74) is -0.385. The highest BCUT2D eigenvalue weighted by Gasteiger charge is 2.36. The van der Waals surface area contributed by atoms with Gasteiger partial charge in [0, 0.05) is 5.39 Å². The van der Waals surface area contributed by atoms with Crippen LogP contribution in [0.3, 0.4) is 0 Å². The highest BCUT2D eigenvalue weighted by Crippen LogP contribution is 2.37. The molecule has 0 fully saturated rings. The second kappa shape index (κ2) is 9.00. The maximum Gasteiger partial charge on any atom is 0.426 e. The van der Waals surface area contributed by atoms with Gasteiger partial charge in [0.05, 0.1) is 11.1 Å². The third-order valence-corrected chi connectivity index (χ3v) is 5.35. The van der Waals surface area contributed by atoms with Crippen LogP contribution in [0.2, 0.25) is 0 Å². The number of ether oxygens (including phenoxy) is 1. The minimum Gasteiger partial charge on any atom is -0.429 e. The SMILES string of the molecule is CCCc1ccc(-c2c(F)cc(C(F)(F)Oc3ccc4c(F)c(F)c(F)cc4c3)cc2F)cc1. The van der Waals surface area contributed by atoms with Crippen molar-refractivity contribution in [2.45, 2.75) is 25.9 Å². The van der Waals surface area contributed by atoms with Gasteiger partial charge in [-0.05, 0) is 59.3 Å². The first-order chi connectivity index (χ1) is 16.1. The molecule has 1 nitrogen and oxygen atoms in total. The molecule has 4 aromatic rings. The minimum absolute atomic E-state index is 0.191. The molecule has 0 bridgehead atoms. The van der Waals surface area contributed by atoms with Crippen molar-refractivity contribution < 1.29 is 35.5 Å². The lowest BCUT2D eigenvalue weighted by molar-refractivity contribution is -0.185. The van der Waals surface area contributed by atoms with E-state index in [1.807, 2.05) is 6.92 Å². The third kappa shape index (κ3) is 4.44. The topological polar surface area (TPSA) is 9.23 Å². The van der Waals surface area contributed by atoms with E-state index in [9.17, 15) is 30.7 Å². The maximum atomic E-state index is 14.7. The van der Waals surface area contributed by atoms with Crippen molar-refractivity contribution in [3.8, 4) is 16.9 Å². The molecule has 0 unspecified atom stereocenters. The van der Waals surface area contributed by atoms with Crippen LogP contribution in [-0.2, 0) is 12.5 Å². The molecule has 0 atom stereocenters. The lowest BCUT2D eigenvalue weighted by Crippen LogP contribution is -2.22. The molecule has 8 heteroatoms. The smallest absolute Gasteiger partial charge is 0.426 e. The Balaban J connectivity index is 1.65. The summed E-state index contributed by atoms with van der Waals surface area (Å²) in [6, 6.07) is 10.7. The third-order valence-electron chi connectivity index (χ3n) is 5.35. The van der Waals surface area contributed by atoms with Gasteiger partial charge >= 0.3 is 6.11 Å². The molecule has 0 saturated heterocycles. The first kappa shape index (κ1) is 23.6. The van der Waals surface area contributed by atoms with Crippen LogP contribution < -0.4 is 4.74 Å². The zero-order valence-electron chi connectivity index (χ0n) is 17.7. The molecule has 0 aliphatic carbocycles. The standard InChI is InChI=1S/C26H17F7O/c1-2-3-14-4-6-15(7-5-14)23-20(27)12-17(13-21(23)28)26(32,33)34-18-8-9-19-16(10-18)11-22(29)25(31)24(19)30/h4-13H,2-3H2,1H3. The van der Waals surface area contributed by atoms with Crippen LogP contribution >= 0.6 is 0 Å². The van der Waals surface area contributed by atoms with Gasteiger partial charge in [-0.25, -0.2) is 22.0 Å². The summed E-state index contributed by atoms with van der Waals surface area (Å²) >= 11 is 0. The molecule has 4 aromatic carbocycles. The number of fused-ring (bicyclic) bond motifs is 1. The van der Waals surface area contributed by atoms with Gasteiger partial charge < -0.3 is 4.74 Å².